The lowest BCUT2D eigenvalue weighted by Crippen LogP contribution is -2.14. The van der Waals surface area contributed by atoms with Crippen LogP contribution in [0.4, 0.5) is 11.4 Å². The van der Waals surface area contributed by atoms with Crippen LogP contribution in [0, 0.1) is 28.4 Å². The Kier molecular flexibility index (Phi) is 7.21. The first-order valence-electron chi connectivity index (χ1n) is 9.52. The molecule has 160 valence electrons. The number of amides is 1. The number of nitrogens with zero attached hydrogens (tertiary/aromatic N) is 2. The average molecular weight is 448 g/mol. The van der Waals surface area contributed by atoms with Gasteiger partial charge in [0.2, 0.25) is 0 Å². The van der Waals surface area contributed by atoms with E-state index in [0.29, 0.717) is 22.6 Å². The van der Waals surface area contributed by atoms with Crippen LogP contribution in [0.2, 0.25) is 5.02 Å². The number of non-ortho nitro benzene ring substituents is 1. The highest BCUT2D eigenvalue weighted by Crippen LogP contribution is 2.28. The molecule has 3 aromatic rings. The van der Waals surface area contributed by atoms with Crippen LogP contribution in [-0.4, -0.2) is 10.8 Å². The van der Waals surface area contributed by atoms with Crippen molar-refractivity contribution in [3.8, 4) is 11.8 Å². The Hall–Kier alpha value is -4.15. The number of benzene rings is 3. The average Bonchev–Trinajstić information content (AvgIpc) is 2.78. The quantitative estimate of drug-likeness (QED) is 0.217. The van der Waals surface area contributed by atoms with Gasteiger partial charge < -0.3 is 10.1 Å². The molecule has 0 aliphatic carbocycles. The van der Waals surface area contributed by atoms with Gasteiger partial charge in [-0.25, -0.2) is 0 Å². The maximum Gasteiger partial charge on any atom is 0.269 e. The van der Waals surface area contributed by atoms with Crippen molar-refractivity contribution in [3.05, 3.63) is 104 Å². The molecular weight excluding hydrogens is 430 g/mol. The number of carbonyl (C=O) groups is 1. The predicted molar refractivity (Wildman–Crippen MR) is 122 cm³/mol. The van der Waals surface area contributed by atoms with E-state index in [1.807, 2.05) is 25.1 Å². The maximum absolute atomic E-state index is 12.5. The number of nitrogens with one attached hydrogen (secondary N) is 1. The Morgan fingerprint density at radius 1 is 1.19 bits per heavy atom. The Balaban J connectivity index is 1.72. The van der Waals surface area contributed by atoms with Crippen molar-refractivity contribution in [2.45, 2.75) is 13.5 Å². The van der Waals surface area contributed by atoms with Crippen LogP contribution >= 0.6 is 11.6 Å². The van der Waals surface area contributed by atoms with Gasteiger partial charge in [0.05, 0.1) is 9.95 Å². The normalized spacial score (nSPS) is 10.8. The predicted octanol–water partition coefficient (Wildman–Crippen LogP) is 5.68. The molecule has 0 heterocycles. The third-order valence-electron chi connectivity index (χ3n) is 4.54. The molecule has 0 saturated heterocycles. The van der Waals surface area contributed by atoms with E-state index >= 15 is 0 Å². The molecule has 0 aliphatic rings. The number of rotatable bonds is 7. The van der Waals surface area contributed by atoms with Gasteiger partial charge in [0.15, 0.2) is 0 Å². The number of nitriles is 1. The highest BCUT2D eigenvalue weighted by molar-refractivity contribution is 6.32. The van der Waals surface area contributed by atoms with E-state index in [2.05, 4.69) is 5.32 Å². The Morgan fingerprint density at radius 3 is 2.66 bits per heavy atom. The topological polar surface area (TPSA) is 105 Å². The summed E-state index contributed by atoms with van der Waals surface area (Å²) in [4.78, 5) is 22.9. The van der Waals surface area contributed by atoms with Crippen molar-refractivity contribution < 1.29 is 14.5 Å². The van der Waals surface area contributed by atoms with Gasteiger partial charge >= 0.3 is 0 Å². The number of halogens is 1. The minimum Gasteiger partial charge on any atom is -0.487 e. The standard InChI is InChI=1S/C24H18ClN3O4/c1-16-5-2-3-8-22(16)27-24(29)19(14-26)11-17-9-10-23(21(25)13-17)32-15-18-6-4-7-20(12-18)28(30)31/h2-13H,15H2,1H3,(H,27,29)/b19-11+. The third kappa shape index (κ3) is 5.72. The maximum atomic E-state index is 12.5. The molecule has 3 aromatic carbocycles. The second-order valence-corrected chi connectivity index (χ2v) is 7.25. The van der Waals surface area contributed by atoms with Crippen LogP contribution in [0.15, 0.2) is 72.3 Å². The highest BCUT2D eigenvalue weighted by atomic mass is 35.5. The SMILES string of the molecule is Cc1ccccc1NC(=O)/C(C#N)=C/c1ccc(OCc2cccc([N+](=O)[O-])c2)c(Cl)c1. The Labute approximate surface area is 189 Å². The smallest absolute Gasteiger partial charge is 0.269 e. The fraction of sp³-hybridized carbons (Fsp3) is 0.0833. The van der Waals surface area contributed by atoms with Crippen LogP contribution in [-0.2, 0) is 11.4 Å². The molecule has 0 fully saturated rings. The molecule has 1 amide bonds. The Bertz CT molecular complexity index is 1250. The molecule has 0 radical (unpaired) electrons. The first-order valence-corrected chi connectivity index (χ1v) is 9.89. The van der Waals surface area contributed by atoms with Crippen LogP contribution in [0.25, 0.3) is 6.08 Å². The molecule has 3 rings (SSSR count). The van der Waals surface area contributed by atoms with E-state index in [9.17, 15) is 20.2 Å². The van der Waals surface area contributed by atoms with Gasteiger partial charge in [-0.2, -0.15) is 5.26 Å². The summed E-state index contributed by atoms with van der Waals surface area (Å²) in [6.45, 7) is 1.95. The monoisotopic (exact) mass is 447 g/mol. The van der Waals surface area contributed by atoms with Gasteiger partial charge in [-0.3, -0.25) is 14.9 Å². The number of anilines is 1. The van der Waals surface area contributed by atoms with E-state index in [4.69, 9.17) is 16.3 Å². The van der Waals surface area contributed by atoms with Crippen molar-refractivity contribution in [1.82, 2.24) is 0 Å². The fourth-order valence-corrected chi connectivity index (χ4v) is 3.11. The molecular formula is C24H18ClN3O4. The van der Waals surface area contributed by atoms with Crippen molar-refractivity contribution in [3.63, 3.8) is 0 Å². The van der Waals surface area contributed by atoms with Crippen molar-refractivity contribution in [1.29, 1.82) is 5.26 Å². The van der Waals surface area contributed by atoms with Crippen molar-refractivity contribution in [2.24, 2.45) is 0 Å². The summed E-state index contributed by atoms with van der Waals surface area (Å²) in [5, 5.41) is 23.3. The summed E-state index contributed by atoms with van der Waals surface area (Å²) >= 11 is 6.29. The second kappa shape index (κ2) is 10.2. The number of ether oxygens (including phenoxy) is 1. The van der Waals surface area contributed by atoms with Gasteiger partial charge in [0, 0.05) is 17.8 Å². The molecule has 0 bridgehead atoms. The molecule has 0 aromatic heterocycles. The molecule has 32 heavy (non-hydrogen) atoms. The van der Waals surface area contributed by atoms with Crippen LogP contribution in [0.1, 0.15) is 16.7 Å². The van der Waals surface area contributed by atoms with E-state index in [0.717, 1.165) is 5.56 Å². The van der Waals surface area contributed by atoms with Gasteiger partial charge in [0.1, 0.15) is 24.0 Å². The molecule has 7 nitrogen and oxygen atoms in total. The molecule has 1 N–H and O–H groups in total. The fourth-order valence-electron chi connectivity index (χ4n) is 2.86. The Morgan fingerprint density at radius 2 is 1.97 bits per heavy atom. The minimum absolute atomic E-state index is 0.0225. The zero-order chi connectivity index (χ0) is 23.1. The lowest BCUT2D eigenvalue weighted by molar-refractivity contribution is -0.384. The molecule has 0 atom stereocenters. The summed E-state index contributed by atoms with van der Waals surface area (Å²) in [5.74, 6) is -0.151. The summed E-state index contributed by atoms with van der Waals surface area (Å²) < 4.78 is 5.66. The third-order valence-corrected chi connectivity index (χ3v) is 4.84. The number of hydrogen-bond acceptors (Lipinski definition) is 5. The largest absolute Gasteiger partial charge is 0.487 e. The van der Waals surface area contributed by atoms with E-state index in [1.165, 1.54) is 18.2 Å². The molecule has 8 heteroatoms. The summed E-state index contributed by atoms with van der Waals surface area (Å²) in [7, 11) is 0. The minimum atomic E-state index is -0.524. The molecule has 0 spiro atoms. The van der Waals surface area contributed by atoms with E-state index in [-0.39, 0.29) is 22.9 Å². The van der Waals surface area contributed by atoms with Crippen molar-refractivity contribution >= 4 is 35.0 Å². The molecule has 0 unspecified atom stereocenters. The zero-order valence-electron chi connectivity index (χ0n) is 17.0. The van der Waals surface area contributed by atoms with E-state index in [1.54, 1.807) is 42.5 Å². The lowest BCUT2D eigenvalue weighted by Gasteiger charge is -2.09. The van der Waals surface area contributed by atoms with Gasteiger partial charge in [-0.1, -0.05) is 48.0 Å². The van der Waals surface area contributed by atoms with Gasteiger partial charge in [-0.15, -0.1) is 0 Å². The van der Waals surface area contributed by atoms with Gasteiger partial charge in [-0.05, 0) is 47.9 Å². The number of para-hydroxylation sites is 1. The molecule has 0 saturated carbocycles. The molecule has 0 aliphatic heterocycles. The number of hydrogen-bond donors (Lipinski definition) is 1. The number of nitro groups is 1. The number of nitro benzene ring substituents is 1. The van der Waals surface area contributed by atoms with Crippen LogP contribution < -0.4 is 10.1 Å². The zero-order valence-corrected chi connectivity index (χ0v) is 17.8. The number of carbonyl (C=O) groups excluding carboxylic acids is 1. The lowest BCUT2D eigenvalue weighted by atomic mass is 10.1. The summed E-state index contributed by atoms with van der Waals surface area (Å²) in [5.41, 5.74) is 2.58. The summed E-state index contributed by atoms with van der Waals surface area (Å²) in [6.07, 6.45) is 1.43. The van der Waals surface area contributed by atoms with Crippen LogP contribution in [0.3, 0.4) is 0 Å². The first-order chi connectivity index (χ1) is 15.4. The first kappa shape index (κ1) is 22.5. The van der Waals surface area contributed by atoms with Crippen LogP contribution in [0.5, 0.6) is 5.75 Å². The number of aryl methyl sites for hydroxylation is 1. The van der Waals surface area contributed by atoms with Crippen molar-refractivity contribution in [2.75, 3.05) is 5.32 Å². The highest BCUT2D eigenvalue weighted by Gasteiger charge is 2.12. The summed E-state index contributed by atoms with van der Waals surface area (Å²) in [6, 6.07) is 20.1. The van der Waals surface area contributed by atoms with Gasteiger partial charge in [0.25, 0.3) is 11.6 Å². The second-order valence-electron chi connectivity index (χ2n) is 6.84. The van der Waals surface area contributed by atoms with E-state index < -0.39 is 10.8 Å².